The van der Waals surface area contributed by atoms with E-state index in [1.165, 1.54) is 6.07 Å². The molecule has 1 N–H and O–H groups in total. The quantitative estimate of drug-likeness (QED) is 0.690. The molecule has 0 radical (unpaired) electrons. The van der Waals surface area contributed by atoms with Crippen LogP contribution in [-0.4, -0.2) is 20.1 Å². The molecule has 0 aliphatic heterocycles. The number of ether oxygens (including phenoxy) is 2. The van der Waals surface area contributed by atoms with Crippen LogP contribution in [0.1, 0.15) is 11.1 Å². The Morgan fingerprint density at radius 1 is 1.04 bits per heavy atom. The van der Waals surface area contributed by atoms with Gasteiger partial charge in [0.2, 0.25) is 5.91 Å². The number of hydrogen-bond acceptors (Lipinski definition) is 5. The Labute approximate surface area is 150 Å². The first-order chi connectivity index (χ1) is 12.6. The summed E-state index contributed by atoms with van der Waals surface area (Å²) in [6, 6.07) is 13.9. The molecule has 6 heteroatoms. The molecule has 6 nitrogen and oxygen atoms in total. The second-order valence-corrected chi connectivity index (χ2v) is 5.72. The summed E-state index contributed by atoms with van der Waals surface area (Å²) in [5.74, 6) is 1.12. The fraction of sp³-hybridized carbons (Fsp3) is 0.200. The van der Waals surface area contributed by atoms with Crippen LogP contribution in [0.5, 0.6) is 11.5 Å². The first-order valence-electron chi connectivity index (χ1n) is 8.10. The third kappa shape index (κ3) is 3.85. The predicted molar refractivity (Wildman–Crippen MR) is 97.6 cm³/mol. The highest BCUT2D eigenvalue weighted by atomic mass is 16.5. The van der Waals surface area contributed by atoms with Crippen molar-refractivity contribution < 1.29 is 18.7 Å². The van der Waals surface area contributed by atoms with Crippen LogP contribution < -0.4 is 20.4 Å². The highest BCUT2D eigenvalue weighted by Gasteiger charge is 2.11. The van der Waals surface area contributed by atoms with Crippen LogP contribution >= 0.6 is 0 Å². The predicted octanol–water partition coefficient (Wildman–Crippen LogP) is 2.67. The van der Waals surface area contributed by atoms with Crippen molar-refractivity contribution in [3.05, 3.63) is 70.1 Å². The number of amides is 1. The molecule has 0 atom stereocenters. The summed E-state index contributed by atoms with van der Waals surface area (Å²) in [5.41, 5.74) is 1.47. The lowest BCUT2D eigenvalue weighted by molar-refractivity contribution is -0.120. The number of hydrogen-bond donors (Lipinski definition) is 1. The minimum atomic E-state index is -0.469. The molecule has 1 aromatic heterocycles. The van der Waals surface area contributed by atoms with E-state index in [0.717, 1.165) is 10.9 Å². The largest absolute Gasteiger partial charge is 0.497 e. The molecule has 0 saturated carbocycles. The summed E-state index contributed by atoms with van der Waals surface area (Å²) < 4.78 is 15.6. The standard InChI is InChI=1S/C20H19NO5/c1-24-15-8-7-13(18(11-15)25-2)12-21-19(22)9-14-10-20(23)26-17-6-4-3-5-16(14)17/h3-8,10-11H,9,12H2,1-2H3,(H,21,22). The van der Waals surface area contributed by atoms with Crippen molar-refractivity contribution >= 4 is 16.9 Å². The minimum absolute atomic E-state index is 0.0879. The number of carbonyl (C=O) groups excluding carboxylic acids is 1. The lowest BCUT2D eigenvalue weighted by atomic mass is 10.1. The normalized spacial score (nSPS) is 10.5. The molecule has 0 spiro atoms. The van der Waals surface area contributed by atoms with Gasteiger partial charge in [-0.05, 0) is 23.8 Å². The summed E-state index contributed by atoms with van der Waals surface area (Å²) in [6.45, 7) is 0.311. The molecule has 0 aliphatic carbocycles. The highest BCUT2D eigenvalue weighted by Crippen LogP contribution is 2.24. The second kappa shape index (κ2) is 7.74. The monoisotopic (exact) mass is 353 g/mol. The molecular formula is C20H19NO5. The van der Waals surface area contributed by atoms with Gasteiger partial charge in [-0.25, -0.2) is 4.79 Å². The van der Waals surface area contributed by atoms with Crippen molar-refractivity contribution in [2.75, 3.05) is 14.2 Å². The maximum absolute atomic E-state index is 12.4. The topological polar surface area (TPSA) is 77.8 Å². The number of para-hydroxylation sites is 1. The summed E-state index contributed by atoms with van der Waals surface area (Å²) in [5, 5.41) is 3.61. The van der Waals surface area contributed by atoms with Crippen LogP contribution in [0.15, 0.2) is 57.7 Å². The third-order valence-electron chi connectivity index (χ3n) is 4.06. The first-order valence-corrected chi connectivity index (χ1v) is 8.10. The smallest absolute Gasteiger partial charge is 0.336 e. The molecule has 1 heterocycles. The summed E-state index contributed by atoms with van der Waals surface area (Å²) in [7, 11) is 3.15. The van der Waals surface area contributed by atoms with E-state index in [1.807, 2.05) is 18.2 Å². The SMILES string of the molecule is COc1ccc(CNC(=O)Cc2cc(=O)oc3ccccc23)c(OC)c1. The number of rotatable bonds is 6. The number of benzene rings is 2. The van der Waals surface area contributed by atoms with E-state index >= 15 is 0 Å². The van der Waals surface area contributed by atoms with E-state index in [-0.39, 0.29) is 12.3 Å². The third-order valence-corrected chi connectivity index (χ3v) is 4.06. The Bertz CT molecular complexity index is 993. The van der Waals surface area contributed by atoms with E-state index in [9.17, 15) is 9.59 Å². The van der Waals surface area contributed by atoms with Gasteiger partial charge >= 0.3 is 5.63 Å². The highest BCUT2D eigenvalue weighted by molar-refractivity contribution is 5.87. The lowest BCUT2D eigenvalue weighted by Gasteiger charge is -2.11. The number of fused-ring (bicyclic) bond motifs is 1. The van der Waals surface area contributed by atoms with Crippen molar-refractivity contribution in [3.8, 4) is 11.5 Å². The van der Waals surface area contributed by atoms with Gasteiger partial charge in [-0.2, -0.15) is 0 Å². The lowest BCUT2D eigenvalue weighted by Crippen LogP contribution is -2.25. The van der Waals surface area contributed by atoms with Gasteiger partial charge < -0.3 is 19.2 Å². The van der Waals surface area contributed by atoms with Crippen LogP contribution in [0.3, 0.4) is 0 Å². The Balaban J connectivity index is 1.73. The van der Waals surface area contributed by atoms with Crippen molar-refractivity contribution in [3.63, 3.8) is 0 Å². The zero-order valence-electron chi connectivity index (χ0n) is 14.6. The molecule has 0 aliphatic rings. The van der Waals surface area contributed by atoms with Crippen LogP contribution in [0.25, 0.3) is 11.0 Å². The van der Waals surface area contributed by atoms with Crippen molar-refractivity contribution in [2.24, 2.45) is 0 Å². The fourth-order valence-corrected chi connectivity index (χ4v) is 2.75. The molecule has 1 amide bonds. The average Bonchev–Trinajstić information content (AvgIpc) is 2.66. The molecular weight excluding hydrogens is 334 g/mol. The van der Waals surface area contributed by atoms with E-state index < -0.39 is 5.63 Å². The van der Waals surface area contributed by atoms with E-state index in [4.69, 9.17) is 13.9 Å². The Morgan fingerprint density at radius 3 is 2.62 bits per heavy atom. The second-order valence-electron chi connectivity index (χ2n) is 5.72. The van der Waals surface area contributed by atoms with Crippen molar-refractivity contribution in [2.45, 2.75) is 13.0 Å². The van der Waals surface area contributed by atoms with Gasteiger partial charge in [-0.15, -0.1) is 0 Å². The van der Waals surface area contributed by atoms with Crippen LogP contribution in [0, 0.1) is 0 Å². The van der Waals surface area contributed by atoms with Gasteiger partial charge in [0.15, 0.2) is 0 Å². The average molecular weight is 353 g/mol. The summed E-state index contributed by atoms with van der Waals surface area (Å²) in [4.78, 5) is 24.0. The van der Waals surface area contributed by atoms with E-state index in [1.54, 1.807) is 38.5 Å². The van der Waals surface area contributed by atoms with Crippen molar-refractivity contribution in [1.29, 1.82) is 0 Å². The Morgan fingerprint density at radius 2 is 1.85 bits per heavy atom. The molecule has 0 bridgehead atoms. The maximum Gasteiger partial charge on any atom is 0.336 e. The van der Waals surface area contributed by atoms with Gasteiger partial charge in [-0.1, -0.05) is 18.2 Å². The Hall–Kier alpha value is -3.28. The summed E-state index contributed by atoms with van der Waals surface area (Å²) in [6.07, 6.45) is 0.0879. The number of methoxy groups -OCH3 is 2. The van der Waals surface area contributed by atoms with Gasteiger partial charge in [0, 0.05) is 29.6 Å². The molecule has 3 rings (SSSR count). The number of nitrogens with one attached hydrogen (secondary N) is 1. The molecule has 0 unspecified atom stereocenters. The molecule has 2 aromatic carbocycles. The maximum atomic E-state index is 12.4. The fourth-order valence-electron chi connectivity index (χ4n) is 2.75. The van der Waals surface area contributed by atoms with Crippen LogP contribution in [-0.2, 0) is 17.8 Å². The van der Waals surface area contributed by atoms with Crippen LogP contribution in [0.4, 0.5) is 0 Å². The zero-order valence-corrected chi connectivity index (χ0v) is 14.6. The molecule has 134 valence electrons. The molecule has 26 heavy (non-hydrogen) atoms. The van der Waals surface area contributed by atoms with Gasteiger partial charge in [0.1, 0.15) is 17.1 Å². The molecule has 0 fully saturated rings. The molecule has 0 saturated heterocycles. The zero-order chi connectivity index (χ0) is 18.5. The van der Waals surface area contributed by atoms with E-state index in [0.29, 0.717) is 29.2 Å². The van der Waals surface area contributed by atoms with Crippen LogP contribution in [0.2, 0.25) is 0 Å². The van der Waals surface area contributed by atoms with E-state index in [2.05, 4.69) is 5.32 Å². The molecule has 3 aromatic rings. The van der Waals surface area contributed by atoms with Gasteiger partial charge in [-0.3, -0.25) is 4.79 Å². The summed E-state index contributed by atoms with van der Waals surface area (Å²) >= 11 is 0. The first kappa shape index (κ1) is 17.5. The Kier molecular flexibility index (Phi) is 5.22. The van der Waals surface area contributed by atoms with Gasteiger partial charge in [0.05, 0.1) is 20.6 Å². The van der Waals surface area contributed by atoms with Gasteiger partial charge in [0.25, 0.3) is 0 Å². The minimum Gasteiger partial charge on any atom is -0.497 e. The van der Waals surface area contributed by atoms with Crippen molar-refractivity contribution in [1.82, 2.24) is 5.32 Å². The number of carbonyl (C=O) groups is 1.